The molecule has 0 bridgehead atoms. The number of ether oxygens (including phenoxy) is 2. The van der Waals surface area contributed by atoms with Gasteiger partial charge in [-0.3, -0.25) is 9.69 Å². The van der Waals surface area contributed by atoms with Crippen molar-refractivity contribution in [2.75, 3.05) is 31.7 Å². The number of thioether (sulfide) groups is 1. The Morgan fingerprint density at radius 3 is 2.70 bits per heavy atom. The molecule has 1 amide bonds. The van der Waals surface area contributed by atoms with E-state index in [1.54, 1.807) is 54.4 Å². The van der Waals surface area contributed by atoms with Crippen LogP contribution in [0.25, 0.3) is 0 Å². The third kappa shape index (κ3) is 3.46. The van der Waals surface area contributed by atoms with Crippen LogP contribution in [-0.2, 0) is 4.79 Å². The fourth-order valence-corrected chi connectivity index (χ4v) is 4.95. The summed E-state index contributed by atoms with van der Waals surface area (Å²) in [5.41, 5.74) is 1.73. The van der Waals surface area contributed by atoms with E-state index in [0.29, 0.717) is 33.7 Å². The molecule has 0 radical (unpaired) electrons. The van der Waals surface area contributed by atoms with E-state index in [1.807, 2.05) is 6.07 Å². The van der Waals surface area contributed by atoms with E-state index in [9.17, 15) is 14.4 Å². The van der Waals surface area contributed by atoms with Crippen LogP contribution in [0.1, 0.15) is 17.9 Å². The molecule has 2 aromatic rings. The second kappa shape index (κ2) is 8.28. The van der Waals surface area contributed by atoms with Gasteiger partial charge in [0.15, 0.2) is 0 Å². The van der Waals surface area contributed by atoms with Crippen molar-refractivity contribution in [2.24, 2.45) is 0 Å². The number of hydrogen-bond acceptors (Lipinski definition) is 6. The molecule has 8 heteroatoms. The van der Waals surface area contributed by atoms with Crippen molar-refractivity contribution in [2.45, 2.75) is 12.3 Å². The van der Waals surface area contributed by atoms with Gasteiger partial charge < -0.3 is 14.4 Å². The van der Waals surface area contributed by atoms with Crippen molar-refractivity contribution in [3.8, 4) is 17.6 Å². The zero-order chi connectivity index (χ0) is 21.3. The van der Waals surface area contributed by atoms with Crippen molar-refractivity contribution in [3.05, 3.63) is 64.4 Å². The largest absolute Gasteiger partial charge is 0.497 e. The third-order valence-corrected chi connectivity index (χ3v) is 6.46. The summed E-state index contributed by atoms with van der Waals surface area (Å²) in [6.45, 7) is 0.208. The summed E-state index contributed by atoms with van der Waals surface area (Å²) < 4.78 is 25.0. The number of allylic oxidation sites excluding steroid dienone is 1. The summed E-state index contributed by atoms with van der Waals surface area (Å²) in [5.74, 6) is 0.803. The van der Waals surface area contributed by atoms with E-state index >= 15 is 0 Å². The van der Waals surface area contributed by atoms with E-state index in [-0.39, 0.29) is 24.8 Å². The van der Waals surface area contributed by atoms with E-state index in [1.165, 1.54) is 17.8 Å². The number of nitrogens with zero attached hydrogens (tertiary/aromatic N) is 3. The number of anilines is 1. The summed E-state index contributed by atoms with van der Waals surface area (Å²) in [5, 5.41) is 10.6. The summed E-state index contributed by atoms with van der Waals surface area (Å²) in [6.07, 6.45) is 0.140. The van der Waals surface area contributed by atoms with Gasteiger partial charge in [0.1, 0.15) is 17.3 Å². The maximum atomic E-state index is 14.2. The Bertz CT molecular complexity index is 1070. The highest BCUT2D eigenvalue weighted by molar-refractivity contribution is 8.03. The monoisotopic (exact) mass is 425 g/mol. The minimum Gasteiger partial charge on any atom is -0.497 e. The summed E-state index contributed by atoms with van der Waals surface area (Å²) in [6, 6.07) is 14.2. The Labute approximate surface area is 178 Å². The van der Waals surface area contributed by atoms with Gasteiger partial charge in [0.2, 0.25) is 5.91 Å². The Morgan fingerprint density at radius 2 is 2.00 bits per heavy atom. The molecule has 2 aliphatic rings. The first-order chi connectivity index (χ1) is 14.6. The van der Waals surface area contributed by atoms with Gasteiger partial charge in [-0.2, -0.15) is 5.26 Å². The number of amides is 1. The Balaban J connectivity index is 1.70. The van der Waals surface area contributed by atoms with Gasteiger partial charge in [-0.1, -0.05) is 30.0 Å². The number of benzene rings is 2. The lowest BCUT2D eigenvalue weighted by Crippen LogP contribution is -2.47. The molecule has 154 valence electrons. The van der Waals surface area contributed by atoms with E-state index in [4.69, 9.17) is 9.47 Å². The number of fused-ring (bicyclic) bond motifs is 1. The number of carbonyl (C=O) groups is 1. The van der Waals surface area contributed by atoms with Crippen molar-refractivity contribution in [3.63, 3.8) is 0 Å². The Morgan fingerprint density at radius 1 is 1.20 bits per heavy atom. The van der Waals surface area contributed by atoms with Crippen LogP contribution in [0.2, 0.25) is 0 Å². The zero-order valence-electron chi connectivity index (χ0n) is 16.6. The summed E-state index contributed by atoms with van der Waals surface area (Å²) in [7, 11) is 3.12. The molecule has 2 heterocycles. The summed E-state index contributed by atoms with van der Waals surface area (Å²) in [4.78, 5) is 16.4. The number of rotatable bonds is 4. The predicted molar refractivity (Wildman–Crippen MR) is 113 cm³/mol. The van der Waals surface area contributed by atoms with Crippen LogP contribution in [0.5, 0.6) is 11.5 Å². The Kier molecular flexibility index (Phi) is 5.55. The molecule has 1 atom stereocenters. The fraction of sp³-hybridized carbons (Fsp3) is 0.273. The van der Waals surface area contributed by atoms with Crippen molar-refractivity contribution >= 4 is 23.4 Å². The third-order valence-electron chi connectivity index (χ3n) is 5.30. The van der Waals surface area contributed by atoms with Gasteiger partial charge in [-0.15, -0.1) is 0 Å². The topological polar surface area (TPSA) is 65.8 Å². The van der Waals surface area contributed by atoms with Gasteiger partial charge in [0, 0.05) is 24.0 Å². The average molecular weight is 425 g/mol. The number of nitriles is 1. The minimum absolute atomic E-state index is 0.111. The van der Waals surface area contributed by atoms with Gasteiger partial charge >= 0.3 is 0 Å². The molecule has 6 nitrogen and oxygen atoms in total. The normalized spacial score (nSPS) is 18.7. The lowest BCUT2D eigenvalue weighted by atomic mass is 9.86. The smallest absolute Gasteiger partial charge is 0.229 e. The predicted octanol–water partition coefficient (Wildman–Crippen LogP) is 4.06. The van der Waals surface area contributed by atoms with Crippen LogP contribution >= 0.6 is 11.8 Å². The molecule has 1 unspecified atom stereocenters. The van der Waals surface area contributed by atoms with Crippen molar-refractivity contribution in [1.82, 2.24) is 4.90 Å². The van der Waals surface area contributed by atoms with Gasteiger partial charge in [0.25, 0.3) is 0 Å². The molecule has 0 spiro atoms. The first-order valence-corrected chi connectivity index (χ1v) is 10.3. The molecular formula is C22H20FN3O3S. The maximum Gasteiger partial charge on any atom is 0.229 e. The van der Waals surface area contributed by atoms with E-state index < -0.39 is 5.92 Å². The molecule has 30 heavy (non-hydrogen) atoms. The molecule has 0 aromatic heterocycles. The lowest BCUT2D eigenvalue weighted by Gasteiger charge is -2.42. The molecule has 0 N–H and O–H groups in total. The second-order valence-electron chi connectivity index (χ2n) is 6.92. The van der Waals surface area contributed by atoms with E-state index in [2.05, 4.69) is 6.07 Å². The first kappa shape index (κ1) is 20.1. The number of para-hydroxylation sites is 1. The van der Waals surface area contributed by atoms with Crippen LogP contribution in [0.4, 0.5) is 10.1 Å². The highest BCUT2D eigenvalue weighted by Gasteiger charge is 2.39. The number of carbonyl (C=O) groups excluding carboxylic acids is 1. The molecule has 4 rings (SSSR count). The van der Waals surface area contributed by atoms with Crippen LogP contribution in [0, 0.1) is 17.1 Å². The van der Waals surface area contributed by atoms with E-state index in [0.717, 1.165) is 5.56 Å². The highest BCUT2D eigenvalue weighted by atomic mass is 32.2. The van der Waals surface area contributed by atoms with Gasteiger partial charge in [-0.05, 0) is 18.2 Å². The molecule has 1 fully saturated rings. The molecule has 2 aliphatic heterocycles. The highest BCUT2D eigenvalue weighted by Crippen LogP contribution is 2.45. The SMILES string of the molecule is COc1ccc(C2CC(=O)N3CN(c4ccccc4F)CSC3=C2C#N)c(OC)c1. The van der Waals surface area contributed by atoms with Crippen LogP contribution in [-0.4, -0.2) is 37.6 Å². The number of methoxy groups -OCH3 is 2. The van der Waals surface area contributed by atoms with Gasteiger partial charge in [0.05, 0.1) is 49.1 Å². The summed E-state index contributed by atoms with van der Waals surface area (Å²) >= 11 is 1.37. The first-order valence-electron chi connectivity index (χ1n) is 9.36. The van der Waals surface area contributed by atoms with Crippen LogP contribution in [0.3, 0.4) is 0 Å². The quantitative estimate of drug-likeness (QED) is 0.736. The molecular weight excluding hydrogens is 405 g/mol. The molecule has 0 saturated carbocycles. The molecule has 0 aliphatic carbocycles. The Hall–Kier alpha value is -3.18. The van der Waals surface area contributed by atoms with Gasteiger partial charge in [-0.25, -0.2) is 4.39 Å². The zero-order valence-corrected chi connectivity index (χ0v) is 17.4. The lowest BCUT2D eigenvalue weighted by molar-refractivity contribution is -0.129. The second-order valence-corrected chi connectivity index (χ2v) is 7.86. The van der Waals surface area contributed by atoms with Crippen LogP contribution in [0.15, 0.2) is 53.1 Å². The number of halogens is 1. The van der Waals surface area contributed by atoms with Crippen molar-refractivity contribution < 1.29 is 18.7 Å². The van der Waals surface area contributed by atoms with Crippen LogP contribution < -0.4 is 14.4 Å². The van der Waals surface area contributed by atoms with Crippen molar-refractivity contribution in [1.29, 1.82) is 5.26 Å². The average Bonchev–Trinajstić information content (AvgIpc) is 2.78. The fourth-order valence-electron chi connectivity index (χ4n) is 3.80. The molecule has 2 aromatic carbocycles. The number of hydrogen-bond donors (Lipinski definition) is 0. The minimum atomic E-state index is -0.401. The molecule has 1 saturated heterocycles. The maximum absolute atomic E-state index is 14.2. The standard InChI is InChI=1S/C22H20FN3O3S/c1-28-14-7-8-15(20(9-14)29-2)16-10-21(27)26-12-25(13-30-22(26)17(16)11-24)19-6-4-3-5-18(19)23/h3-9,16H,10,12-13H2,1-2H3.